The topological polar surface area (TPSA) is 91.3 Å². The summed E-state index contributed by atoms with van der Waals surface area (Å²) in [7, 11) is 1.68. The van der Waals surface area contributed by atoms with Crippen LogP contribution in [0.2, 0.25) is 0 Å². The van der Waals surface area contributed by atoms with Gasteiger partial charge in [-0.2, -0.15) is 0 Å². The number of nitrogens with zero attached hydrogens (tertiary/aromatic N) is 1. The molecule has 0 aromatic carbocycles. The summed E-state index contributed by atoms with van der Waals surface area (Å²) in [4.78, 5) is 23.0. The Hall–Kier alpha value is -1.02. The zero-order valence-corrected chi connectivity index (χ0v) is 42.8. The van der Waals surface area contributed by atoms with E-state index in [1.54, 1.807) is 0 Å². The maximum atomic E-state index is 12.8. The van der Waals surface area contributed by atoms with E-state index in [0.717, 1.165) is 38.5 Å². The van der Waals surface area contributed by atoms with Gasteiger partial charge < -0.3 is 18.9 Å². The van der Waals surface area contributed by atoms with E-state index in [1.807, 2.05) is 21.1 Å². The van der Waals surface area contributed by atoms with Crippen LogP contribution in [0.1, 0.15) is 251 Å². The lowest BCUT2D eigenvalue weighted by molar-refractivity contribution is -0.870. The highest BCUT2D eigenvalue weighted by molar-refractivity contribution is 7.47. The third-order valence-corrected chi connectivity index (χ3v) is 12.7. The van der Waals surface area contributed by atoms with Gasteiger partial charge in [0.1, 0.15) is 19.3 Å². The van der Waals surface area contributed by atoms with Crippen LogP contribution >= 0.6 is 7.82 Å². The van der Waals surface area contributed by atoms with E-state index < -0.39 is 13.9 Å². The highest BCUT2D eigenvalue weighted by Crippen LogP contribution is 2.43. The first-order valence-electron chi connectivity index (χ1n) is 26.6. The van der Waals surface area contributed by atoms with E-state index in [-0.39, 0.29) is 25.8 Å². The molecule has 0 radical (unpaired) electrons. The van der Waals surface area contributed by atoms with Crippen LogP contribution < -0.4 is 0 Å². The third kappa shape index (κ3) is 50.0. The van der Waals surface area contributed by atoms with Gasteiger partial charge >= 0.3 is 13.8 Å². The van der Waals surface area contributed by atoms with Gasteiger partial charge in [0.05, 0.1) is 34.4 Å². The van der Waals surface area contributed by atoms with Gasteiger partial charge in [-0.25, -0.2) is 4.57 Å². The molecule has 0 aliphatic carbocycles. The van der Waals surface area contributed by atoms with Crippen molar-refractivity contribution >= 4 is 13.8 Å². The largest absolute Gasteiger partial charge is 0.472 e. The summed E-state index contributed by atoms with van der Waals surface area (Å²) in [5.74, 6) is -0.309. The maximum absolute atomic E-state index is 12.8. The van der Waals surface area contributed by atoms with Gasteiger partial charge in [0.2, 0.25) is 0 Å². The fraction of sp³-hybridized carbons (Fsp3) is 0.906. The average Bonchev–Trinajstić information content (AvgIpc) is 3.23. The zero-order chi connectivity index (χ0) is 45.5. The number of unbranched alkanes of at least 4 members (excludes halogenated alkanes) is 32. The van der Waals surface area contributed by atoms with Crippen molar-refractivity contribution in [1.82, 2.24) is 0 Å². The summed E-state index contributed by atoms with van der Waals surface area (Å²) in [5, 5.41) is 0. The summed E-state index contributed by atoms with van der Waals surface area (Å²) in [6, 6.07) is 0. The van der Waals surface area contributed by atoms with Crippen LogP contribution in [0, 0.1) is 0 Å². The van der Waals surface area contributed by atoms with Crippen molar-refractivity contribution in [2.45, 2.75) is 258 Å². The van der Waals surface area contributed by atoms with Gasteiger partial charge in [-0.15, -0.1) is 0 Å². The predicted octanol–water partition coefficient (Wildman–Crippen LogP) is 16.3. The Kier molecular flexibility index (Phi) is 45.7. The Morgan fingerprint density at radius 1 is 0.500 bits per heavy atom. The Balaban J connectivity index is 4.05. The lowest BCUT2D eigenvalue weighted by atomic mass is 10.0. The highest BCUT2D eigenvalue weighted by atomic mass is 31.2. The van der Waals surface area contributed by atoms with Crippen LogP contribution in [-0.4, -0.2) is 75.6 Å². The predicted molar refractivity (Wildman–Crippen MR) is 266 cm³/mol. The molecule has 0 aromatic heterocycles. The standard InChI is InChI=1S/C53H104NO7P/c1-6-8-10-12-14-16-18-20-22-23-24-25-26-27-28-29-30-31-32-34-36-38-40-42-44-46-53(55)61-52(51-60-62(56,57)59-49-47-54(3,4)5)50-58-48-45-43-41-39-37-35-33-21-19-17-15-13-11-9-7-2/h18,20,23-24,52H,6-17,19,21-22,25-51H2,1-5H3/p+1/b20-18-,24-23-. The van der Waals surface area contributed by atoms with Crippen molar-refractivity contribution < 1.29 is 37.3 Å². The van der Waals surface area contributed by atoms with Gasteiger partial charge in [-0.1, -0.05) is 224 Å². The van der Waals surface area contributed by atoms with Gasteiger partial charge in [-0.05, 0) is 44.9 Å². The number of hydrogen-bond donors (Lipinski definition) is 1. The Bertz CT molecular complexity index is 1050. The molecule has 1 N–H and O–H groups in total. The van der Waals surface area contributed by atoms with Crippen molar-refractivity contribution in [2.24, 2.45) is 0 Å². The highest BCUT2D eigenvalue weighted by Gasteiger charge is 2.26. The molecule has 0 amide bonds. The lowest BCUT2D eigenvalue weighted by Crippen LogP contribution is -2.37. The summed E-state index contributed by atoms with van der Waals surface area (Å²) >= 11 is 0. The minimum Gasteiger partial charge on any atom is -0.457 e. The fourth-order valence-electron chi connectivity index (χ4n) is 7.64. The van der Waals surface area contributed by atoms with Crippen molar-refractivity contribution in [3.63, 3.8) is 0 Å². The molecule has 2 unspecified atom stereocenters. The van der Waals surface area contributed by atoms with E-state index in [2.05, 4.69) is 38.2 Å². The van der Waals surface area contributed by atoms with Crippen LogP contribution in [0.3, 0.4) is 0 Å². The van der Waals surface area contributed by atoms with Gasteiger partial charge in [0.15, 0.2) is 0 Å². The Morgan fingerprint density at radius 3 is 1.31 bits per heavy atom. The maximum Gasteiger partial charge on any atom is 0.472 e. The first kappa shape index (κ1) is 61.0. The molecular formula is C53H105NO7P+. The molecule has 0 aliphatic rings. The van der Waals surface area contributed by atoms with Crippen LogP contribution in [-0.2, 0) is 27.9 Å². The van der Waals surface area contributed by atoms with Gasteiger partial charge in [-0.3, -0.25) is 13.8 Å². The molecule has 9 heteroatoms. The minimum absolute atomic E-state index is 0.0913. The summed E-state index contributed by atoms with van der Waals surface area (Å²) in [5.41, 5.74) is 0. The molecule has 2 atom stereocenters. The van der Waals surface area contributed by atoms with Crippen molar-refractivity contribution in [2.75, 3.05) is 54.1 Å². The Labute approximate surface area is 385 Å². The molecule has 0 saturated heterocycles. The first-order valence-corrected chi connectivity index (χ1v) is 28.1. The number of esters is 1. The fourth-order valence-corrected chi connectivity index (χ4v) is 8.39. The van der Waals surface area contributed by atoms with Crippen LogP contribution in [0.15, 0.2) is 24.3 Å². The second kappa shape index (κ2) is 46.5. The SMILES string of the molecule is CCCCCCC/C=C\C/C=C\CCCCCCCCCCCCCCCC(=O)OC(COCCCCCCCCCCCCCCCCC)COP(=O)(O)OCC[N+](C)(C)C. The van der Waals surface area contributed by atoms with Crippen LogP contribution in [0.4, 0.5) is 0 Å². The van der Waals surface area contributed by atoms with E-state index in [4.69, 9.17) is 18.5 Å². The number of hydrogen-bond acceptors (Lipinski definition) is 6. The molecule has 0 fully saturated rings. The molecule has 62 heavy (non-hydrogen) atoms. The normalized spacial score (nSPS) is 13.7. The molecule has 0 aliphatic heterocycles. The molecule has 0 aromatic rings. The number of phosphoric acid groups is 1. The molecule has 368 valence electrons. The van der Waals surface area contributed by atoms with Crippen molar-refractivity contribution in [3.8, 4) is 0 Å². The van der Waals surface area contributed by atoms with Gasteiger partial charge in [0.25, 0.3) is 0 Å². The number of ether oxygens (including phenoxy) is 2. The number of rotatable bonds is 50. The third-order valence-electron chi connectivity index (χ3n) is 11.8. The molecule has 0 bridgehead atoms. The van der Waals surface area contributed by atoms with E-state index in [0.29, 0.717) is 24.1 Å². The summed E-state index contributed by atoms with van der Waals surface area (Å²) in [6.45, 7) is 5.67. The van der Waals surface area contributed by atoms with E-state index >= 15 is 0 Å². The smallest absolute Gasteiger partial charge is 0.457 e. The number of carbonyl (C=O) groups excluding carboxylic acids is 1. The minimum atomic E-state index is -4.28. The van der Waals surface area contributed by atoms with Crippen LogP contribution in [0.5, 0.6) is 0 Å². The molecule has 0 saturated carbocycles. The molecule has 0 rings (SSSR count). The van der Waals surface area contributed by atoms with Gasteiger partial charge in [0, 0.05) is 13.0 Å². The number of likely N-dealkylation sites (N-methyl/N-ethyl adjacent to an activating group) is 1. The van der Waals surface area contributed by atoms with Crippen molar-refractivity contribution in [3.05, 3.63) is 24.3 Å². The number of allylic oxidation sites excluding steroid dienone is 4. The van der Waals surface area contributed by atoms with E-state index in [1.165, 1.54) is 193 Å². The molecule has 8 nitrogen and oxygen atoms in total. The van der Waals surface area contributed by atoms with Crippen molar-refractivity contribution in [1.29, 1.82) is 0 Å². The summed E-state index contributed by atoms with van der Waals surface area (Å²) in [6.07, 6.45) is 55.1. The number of carbonyl (C=O) groups is 1. The average molecular weight is 899 g/mol. The van der Waals surface area contributed by atoms with Crippen LogP contribution in [0.25, 0.3) is 0 Å². The number of quaternary nitrogens is 1. The lowest BCUT2D eigenvalue weighted by Gasteiger charge is -2.24. The second-order valence-corrected chi connectivity index (χ2v) is 20.7. The molecular weight excluding hydrogens is 794 g/mol. The first-order chi connectivity index (χ1) is 30.1. The monoisotopic (exact) mass is 899 g/mol. The molecule has 0 spiro atoms. The summed E-state index contributed by atoms with van der Waals surface area (Å²) < 4.78 is 35.2. The zero-order valence-electron chi connectivity index (χ0n) is 41.9. The quantitative estimate of drug-likeness (QED) is 0.0214. The number of phosphoric ester groups is 1. The Morgan fingerprint density at radius 2 is 0.887 bits per heavy atom. The molecule has 0 heterocycles. The van der Waals surface area contributed by atoms with E-state index in [9.17, 15) is 14.3 Å². The second-order valence-electron chi connectivity index (χ2n) is 19.3.